The Balaban J connectivity index is 2.44. The molecule has 0 saturated heterocycles. The van der Waals surface area contributed by atoms with Crippen LogP contribution in [0.1, 0.15) is 53.4 Å². The van der Waals surface area contributed by atoms with Crippen molar-refractivity contribution in [2.75, 3.05) is 0 Å². The van der Waals surface area contributed by atoms with Crippen LogP contribution in [0, 0.1) is 5.92 Å². The van der Waals surface area contributed by atoms with Crippen molar-refractivity contribution in [3.63, 3.8) is 0 Å². The Morgan fingerprint density at radius 1 is 1.25 bits per heavy atom. The number of carbonyl (C=O) groups is 2. The van der Waals surface area contributed by atoms with Gasteiger partial charge >= 0.3 is 5.97 Å². The van der Waals surface area contributed by atoms with Crippen molar-refractivity contribution in [3.8, 4) is 0 Å². The number of rotatable bonds is 3. The van der Waals surface area contributed by atoms with Crippen LogP contribution in [0.5, 0.6) is 0 Å². The van der Waals surface area contributed by atoms with Crippen LogP contribution in [0.15, 0.2) is 0 Å². The first-order chi connectivity index (χ1) is 9.00. The fourth-order valence-electron chi connectivity index (χ4n) is 2.08. The number of carbonyl (C=O) groups excluding carboxylic acids is 2. The van der Waals surface area contributed by atoms with Crippen molar-refractivity contribution in [1.29, 1.82) is 0 Å². The largest absolute Gasteiger partial charge is 0.458 e. The molecule has 0 spiro atoms. The summed E-state index contributed by atoms with van der Waals surface area (Å²) in [5.41, 5.74) is -0.622. The third-order valence-electron chi connectivity index (χ3n) is 3.21. The van der Waals surface area contributed by atoms with Gasteiger partial charge in [-0.05, 0) is 40.5 Å². The lowest BCUT2D eigenvalue weighted by Gasteiger charge is -2.28. The summed E-state index contributed by atoms with van der Waals surface area (Å²) in [4.78, 5) is 23.6. The normalized spacial score (nSPS) is 21.1. The van der Waals surface area contributed by atoms with E-state index in [1.807, 2.05) is 0 Å². The van der Waals surface area contributed by atoms with Crippen LogP contribution in [-0.4, -0.2) is 29.4 Å². The molecule has 0 aromatic carbocycles. The molecule has 1 amide bonds. The fourth-order valence-corrected chi connectivity index (χ4v) is 2.08. The second-order valence-electron chi connectivity index (χ2n) is 6.39. The molecule has 0 unspecified atom stereocenters. The standard InChI is InChI=1S/C14H23F2NO3/c1-9(12(19)20-13(2,3)4)17-11(18)10-5-7-14(15,16)8-6-10/h9-10H,5-8H2,1-4H3,(H,17,18)/t9-/m1/s1. The van der Waals surface area contributed by atoms with E-state index in [-0.39, 0.29) is 31.6 Å². The van der Waals surface area contributed by atoms with Gasteiger partial charge in [-0.1, -0.05) is 0 Å². The number of nitrogens with one attached hydrogen (secondary N) is 1. The SMILES string of the molecule is C[C@@H](NC(=O)C1CCC(F)(F)CC1)C(=O)OC(C)(C)C. The Hall–Kier alpha value is -1.20. The molecular formula is C14H23F2NO3. The van der Waals surface area contributed by atoms with Gasteiger partial charge in [-0.25, -0.2) is 13.6 Å². The van der Waals surface area contributed by atoms with Gasteiger partial charge in [0.05, 0.1) is 0 Å². The van der Waals surface area contributed by atoms with Crippen LogP contribution < -0.4 is 5.32 Å². The van der Waals surface area contributed by atoms with E-state index < -0.39 is 29.5 Å². The maximum atomic E-state index is 13.0. The predicted octanol–water partition coefficient (Wildman–Crippen LogP) is 2.66. The smallest absolute Gasteiger partial charge is 0.328 e. The average Bonchev–Trinajstić information content (AvgIpc) is 2.26. The van der Waals surface area contributed by atoms with Crippen molar-refractivity contribution >= 4 is 11.9 Å². The average molecular weight is 291 g/mol. The first-order valence-electron chi connectivity index (χ1n) is 6.91. The summed E-state index contributed by atoms with van der Waals surface area (Å²) >= 11 is 0. The molecule has 1 aliphatic carbocycles. The molecule has 1 saturated carbocycles. The molecule has 6 heteroatoms. The van der Waals surface area contributed by atoms with Gasteiger partial charge in [0.2, 0.25) is 11.8 Å². The Labute approximate surface area is 118 Å². The van der Waals surface area contributed by atoms with Crippen molar-refractivity contribution in [3.05, 3.63) is 0 Å². The third-order valence-corrected chi connectivity index (χ3v) is 3.21. The molecule has 1 aliphatic rings. The molecule has 0 aromatic rings. The molecule has 4 nitrogen and oxygen atoms in total. The maximum absolute atomic E-state index is 13.0. The summed E-state index contributed by atoms with van der Waals surface area (Å²) in [5.74, 6) is -3.97. The van der Waals surface area contributed by atoms with E-state index in [2.05, 4.69) is 5.32 Å². The number of alkyl halides is 2. The second kappa shape index (κ2) is 6.06. The summed E-state index contributed by atoms with van der Waals surface area (Å²) < 4.78 is 31.2. The minimum Gasteiger partial charge on any atom is -0.458 e. The van der Waals surface area contributed by atoms with Gasteiger partial charge in [0.15, 0.2) is 0 Å². The highest BCUT2D eigenvalue weighted by Gasteiger charge is 2.38. The topological polar surface area (TPSA) is 55.4 Å². The molecule has 116 valence electrons. The lowest BCUT2D eigenvalue weighted by Crippen LogP contribution is -2.45. The van der Waals surface area contributed by atoms with Crippen molar-refractivity contribution in [2.24, 2.45) is 5.92 Å². The Bertz CT molecular complexity index is 367. The number of amides is 1. The zero-order valence-corrected chi connectivity index (χ0v) is 12.5. The highest BCUT2D eigenvalue weighted by molar-refractivity contribution is 5.85. The van der Waals surface area contributed by atoms with Gasteiger partial charge < -0.3 is 10.1 Å². The quantitative estimate of drug-likeness (QED) is 0.813. The van der Waals surface area contributed by atoms with E-state index in [1.165, 1.54) is 6.92 Å². The fraction of sp³-hybridized carbons (Fsp3) is 0.857. The zero-order chi connectivity index (χ0) is 15.6. The van der Waals surface area contributed by atoms with Crippen LogP contribution >= 0.6 is 0 Å². The minimum absolute atomic E-state index is 0.153. The van der Waals surface area contributed by atoms with Crippen LogP contribution in [0.2, 0.25) is 0 Å². The molecule has 1 rings (SSSR count). The molecule has 20 heavy (non-hydrogen) atoms. The molecule has 0 heterocycles. The van der Waals surface area contributed by atoms with Crippen LogP contribution in [-0.2, 0) is 14.3 Å². The molecule has 0 aromatic heterocycles. The summed E-state index contributed by atoms with van der Waals surface area (Å²) in [6.07, 6.45) is -0.239. The van der Waals surface area contributed by atoms with Crippen molar-refractivity contribution in [1.82, 2.24) is 5.32 Å². The van der Waals surface area contributed by atoms with Crippen molar-refractivity contribution < 1.29 is 23.1 Å². The first kappa shape index (κ1) is 16.9. The maximum Gasteiger partial charge on any atom is 0.328 e. The van der Waals surface area contributed by atoms with E-state index in [0.29, 0.717) is 0 Å². The van der Waals surface area contributed by atoms with Crippen LogP contribution in [0.25, 0.3) is 0 Å². The highest BCUT2D eigenvalue weighted by atomic mass is 19.3. The number of ether oxygens (including phenoxy) is 1. The van der Waals surface area contributed by atoms with E-state index >= 15 is 0 Å². The van der Waals surface area contributed by atoms with E-state index in [9.17, 15) is 18.4 Å². The molecule has 0 radical (unpaired) electrons. The highest BCUT2D eigenvalue weighted by Crippen LogP contribution is 2.36. The minimum atomic E-state index is -2.66. The van der Waals surface area contributed by atoms with Gasteiger partial charge in [-0.15, -0.1) is 0 Å². The van der Waals surface area contributed by atoms with Gasteiger partial charge in [0.25, 0.3) is 0 Å². The number of halogens is 2. The van der Waals surface area contributed by atoms with Gasteiger partial charge in [-0.3, -0.25) is 4.79 Å². The summed E-state index contributed by atoms with van der Waals surface area (Å²) in [7, 11) is 0. The summed E-state index contributed by atoms with van der Waals surface area (Å²) in [5, 5.41) is 2.54. The summed E-state index contributed by atoms with van der Waals surface area (Å²) in [6, 6.07) is -0.774. The van der Waals surface area contributed by atoms with Gasteiger partial charge in [0.1, 0.15) is 11.6 Å². The zero-order valence-electron chi connectivity index (χ0n) is 12.5. The molecular weight excluding hydrogens is 268 g/mol. The predicted molar refractivity (Wildman–Crippen MR) is 70.4 cm³/mol. The second-order valence-corrected chi connectivity index (χ2v) is 6.39. The third kappa shape index (κ3) is 5.43. The van der Waals surface area contributed by atoms with Crippen molar-refractivity contribution in [2.45, 2.75) is 70.9 Å². The van der Waals surface area contributed by atoms with Gasteiger partial charge in [-0.2, -0.15) is 0 Å². The Kier molecular flexibility index (Phi) is 5.10. The number of hydrogen-bond donors (Lipinski definition) is 1. The monoisotopic (exact) mass is 291 g/mol. The van der Waals surface area contributed by atoms with Gasteiger partial charge in [0, 0.05) is 18.8 Å². The lowest BCUT2D eigenvalue weighted by atomic mass is 9.86. The summed E-state index contributed by atoms with van der Waals surface area (Å²) in [6.45, 7) is 6.75. The first-order valence-corrected chi connectivity index (χ1v) is 6.91. The van der Waals surface area contributed by atoms with E-state index in [4.69, 9.17) is 4.74 Å². The Morgan fingerprint density at radius 2 is 1.75 bits per heavy atom. The van der Waals surface area contributed by atoms with Crippen LogP contribution in [0.3, 0.4) is 0 Å². The molecule has 1 atom stereocenters. The number of hydrogen-bond acceptors (Lipinski definition) is 3. The molecule has 0 aliphatic heterocycles. The molecule has 1 fully saturated rings. The lowest BCUT2D eigenvalue weighted by molar-refractivity contribution is -0.158. The van der Waals surface area contributed by atoms with E-state index in [0.717, 1.165) is 0 Å². The molecule has 0 bridgehead atoms. The van der Waals surface area contributed by atoms with E-state index in [1.54, 1.807) is 20.8 Å². The molecule has 1 N–H and O–H groups in total. The van der Waals surface area contributed by atoms with Crippen LogP contribution in [0.4, 0.5) is 8.78 Å². The number of esters is 1. The Morgan fingerprint density at radius 3 is 2.20 bits per heavy atom.